The summed E-state index contributed by atoms with van der Waals surface area (Å²) in [6.45, 7) is 32.0. The van der Waals surface area contributed by atoms with Crippen molar-refractivity contribution >= 4 is 5.78 Å². The summed E-state index contributed by atoms with van der Waals surface area (Å²) in [6.07, 6.45) is 15.6. The molecule has 0 amide bonds. The highest BCUT2D eigenvalue weighted by Gasteiger charge is 2.00. The molecule has 0 spiro atoms. The molecule has 0 aromatic carbocycles. The molecule has 3 nitrogen and oxygen atoms in total. The molecule has 0 N–H and O–H groups in total. The predicted octanol–water partition coefficient (Wildman–Crippen LogP) is 10.0. The van der Waals surface area contributed by atoms with Gasteiger partial charge in [-0.05, 0) is 25.8 Å². The lowest BCUT2D eigenvalue weighted by atomic mass is 10.2. The summed E-state index contributed by atoms with van der Waals surface area (Å²) in [4.78, 5) is 12.5. The summed E-state index contributed by atoms with van der Waals surface area (Å²) in [5, 5.41) is 0. The van der Waals surface area contributed by atoms with Crippen LogP contribution in [0.1, 0.15) is 128 Å². The Morgan fingerprint density at radius 1 is 0.788 bits per heavy atom. The molecule has 202 valence electrons. The van der Waals surface area contributed by atoms with Gasteiger partial charge >= 0.3 is 0 Å². The first kappa shape index (κ1) is 45.2. The first-order chi connectivity index (χ1) is 15.9. The fourth-order valence-corrected chi connectivity index (χ4v) is 1.72. The highest BCUT2D eigenvalue weighted by Crippen LogP contribution is 2.00. The first-order valence-electron chi connectivity index (χ1n) is 13.7. The highest BCUT2D eigenvalue weighted by molar-refractivity contribution is 5.77. The zero-order valence-corrected chi connectivity index (χ0v) is 25.2. The van der Waals surface area contributed by atoms with E-state index in [9.17, 15) is 4.79 Å². The lowest BCUT2D eigenvalue weighted by molar-refractivity contribution is -0.117. The fourth-order valence-electron chi connectivity index (χ4n) is 1.72. The lowest BCUT2D eigenvalue weighted by Gasteiger charge is -2.16. The number of carbonyl (C=O) groups is 1. The Hall–Kier alpha value is -1.35. The number of ketones is 1. The maximum atomic E-state index is 10.7. The minimum atomic E-state index is 0.130. The van der Waals surface area contributed by atoms with Gasteiger partial charge in [-0.15, -0.1) is 0 Å². The van der Waals surface area contributed by atoms with E-state index in [1.165, 1.54) is 51.4 Å². The molecule has 0 rings (SSSR count). The van der Waals surface area contributed by atoms with E-state index in [4.69, 9.17) is 4.74 Å². The highest BCUT2D eigenvalue weighted by atomic mass is 16.5. The quantitative estimate of drug-likeness (QED) is 0.186. The first-order valence-corrected chi connectivity index (χ1v) is 13.7. The van der Waals surface area contributed by atoms with Gasteiger partial charge < -0.3 is 9.64 Å². The number of Topliss-reactive ketones (excluding diaryl/α,β-unsaturated/α-hetero) is 1. The molecule has 0 fully saturated rings. The zero-order valence-electron chi connectivity index (χ0n) is 25.2. The average molecular weight is 472 g/mol. The van der Waals surface area contributed by atoms with Crippen molar-refractivity contribution in [3.63, 3.8) is 0 Å². The van der Waals surface area contributed by atoms with Crippen molar-refractivity contribution < 1.29 is 9.53 Å². The molecule has 0 saturated heterocycles. The number of unbranched alkanes of at least 4 members (excludes halogenated alkanes) is 5. The fraction of sp³-hybridized carbons (Fsp3) is 0.767. The standard InChI is InChI=1S/C10H15NO.C10H22O.C4H10.3C2H6/c1-5-6-7-9(2)11(4)8-10(3)12;1-3-5-7-8-10-11-9-6-4-2;1-3-4-2;3*1-2/h5-7H,1-2,8H2,3-4H3;3-10H2,1-2H3;3-4H2,1-2H3;3*1-2H3/b7-6-;;;;;. The van der Waals surface area contributed by atoms with Crippen molar-refractivity contribution in [2.75, 3.05) is 26.8 Å². The normalized spacial score (nSPS) is 8.48. The molecule has 0 atom stereocenters. The topological polar surface area (TPSA) is 29.5 Å². The molecule has 0 unspecified atom stereocenters. The van der Waals surface area contributed by atoms with Crippen LogP contribution in [0.25, 0.3) is 0 Å². The third-order valence-corrected chi connectivity index (χ3v) is 3.66. The maximum Gasteiger partial charge on any atom is 0.149 e. The van der Waals surface area contributed by atoms with Crippen molar-refractivity contribution in [1.29, 1.82) is 0 Å². The summed E-state index contributed by atoms with van der Waals surface area (Å²) < 4.78 is 5.42. The van der Waals surface area contributed by atoms with Crippen LogP contribution in [0, 0.1) is 0 Å². The summed E-state index contributed by atoms with van der Waals surface area (Å²) in [5.41, 5.74) is 0.810. The van der Waals surface area contributed by atoms with Gasteiger partial charge in [-0.2, -0.15) is 0 Å². The van der Waals surface area contributed by atoms with Gasteiger partial charge in [0.1, 0.15) is 5.78 Å². The van der Waals surface area contributed by atoms with Gasteiger partial charge in [0.05, 0.1) is 6.54 Å². The summed E-state index contributed by atoms with van der Waals surface area (Å²) in [5.74, 6) is 0.130. The molecule has 0 heterocycles. The SMILES string of the molecule is C=C/C=C\C(=C)N(C)CC(C)=O.CC.CC.CC.CCCC.CCCCCCOCCCC. The smallest absolute Gasteiger partial charge is 0.149 e. The Labute approximate surface area is 211 Å². The molecule has 33 heavy (non-hydrogen) atoms. The Bertz CT molecular complexity index is 352. The number of likely N-dealkylation sites (N-methyl/N-ethyl adjacent to an activating group) is 1. The Morgan fingerprint density at radius 2 is 1.24 bits per heavy atom. The van der Waals surface area contributed by atoms with Gasteiger partial charge in [0.25, 0.3) is 0 Å². The van der Waals surface area contributed by atoms with Crippen LogP contribution in [0.4, 0.5) is 0 Å². The molecule has 0 aliphatic rings. The van der Waals surface area contributed by atoms with E-state index in [2.05, 4.69) is 40.9 Å². The minimum absolute atomic E-state index is 0.130. The number of rotatable bonds is 14. The van der Waals surface area contributed by atoms with Crippen molar-refractivity contribution in [2.24, 2.45) is 0 Å². The molecule has 0 aliphatic carbocycles. The van der Waals surface area contributed by atoms with Crippen molar-refractivity contribution in [3.8, 4) is 0 Å². The monoisotopic (exact) mass is 472 g/mol. The Morgan fingerprint density at radius 3 is 1.61 bits per heavy atom. The van der Waals surface area contributed by atoms with Crippen LogP contribution in [0.2, 0.25) is 0 Å². The largest absolute Gasteiger partial charge is 0.381 e. The van der Waals surface area contributed by atoms with Crippen LogP contribution in [0.3, 0.4) is 0 Å². The molecule has 0 bridgehead atoms. The van der Waals surface area contributed by atoms with Crippen LogP contribution in [-0.4, -0.2) is 37.5 Å². The number of hydrogen-bond donors (Lipinski definition) is 0. The van der Waals surface area contributed by atoms with Crippen molar-refractivity contribution in [1.82, 2.24) is 4.90 Å². The van der Waals surface area contributed by atoms with E-state index in [-0.39, 0.29) is 5.78 Å². The average Bonchev–Trinajstić information content (AvgIpc) is 2.85. The minimum Gasteiger partial charge on any atom is -0.381 e. The van der Waals surface area contributed by atoms with Crippen LogP contribution >= 0.6 is 0 Å². The zero-order chi connectivity index (χ0) is 27.3. The van der Waals surface area contributed by atoms with Crippen molar-refractivity contribution in [2.45, 2.75) is 128 Å². The van der Waals surface area contributed by atoms with E-state index in [0.717, 1.165) is 18.9 Å². The van der Waals surface area contributed by atoms with E-state index in [1.807, 2.05) is 54.7 Å². The molecule has 0 saturated carbocycles. The van der Waals surface area contributed by atoms with E-state index in [0.29, 0.717) is 6.54 Å². The molecule has 0 aromatic rings. The number of carbonyl (C=O) groups excluding carboxylic acids is 1. The van der Waals surface area contributed by atoms with Crippen LogP contribution in [0.15, 0.2) is 37.1 Å². The molecule has 0 aliphatic heterocycles. The second kappa shape index (κ2) is 52.5. The summed E-state index contributed by atoms with van der Waals surface area (Å²) in [6, 6.07) is 0. The Balaban J connectivity index is -0.0000000796. The molecule has 0 aromatic heterocycles. The van der Waals surface area contributed by atoms with E-state index in [1.54, 1.807) is 24.0 Å². The van der Waals surface area contributed by atoms with Crippen LogP contribution < -0.4 is 0 Å². The molecule has 3 heteroatoms. The summed E-state index contributed by atoms with van der Waals surface area (Å²) in [7, 11) is 1.83. The van der Waals surface area contributed by atoms with Gasteiger partial charge in [0.15, 0.2) is 0 Å². The second-order valence-corrected chi connectivity index (χ2v) is 6.67. The van der Waals surface area contributed by atoms with Gasteiger partial charge in [0.2, 0.25) is 0 Å². The number of hydrogen-bond acceptors (Lipinski definition) is 3. The summed E-state index contributed by atoms with van der Waals surface area (Å²) >= 11 is 0. The third kappa shape index (κ3) is 65.2. The molecular weight excluding hydrogens is 406 g/mol. The van der Waals surface area contributed by atoms with Crippen molar-refractivity contribution in [3.05, 3.63) is 37.1 Å². The van der Waals surface area contributed by atoms with Gasteiger partial charge in [-0.25, -0.2) is 0 Å². The third-order valence-electron chi connectivity index (χ3n) is 3.66. The van der Waals surface area contributed by atoms with E-state index >= 15 is 0 Å². The maximum absolute atomic E-state index is 10.7. The Kier molecular flexibility index (Phi) is 71.9. The molecular formula is C30H65NO2. The molecule has 0 radical (unpaired) electrons. The lowest BCUT2D eigenvalue weighted by Crippen LogP contribution is -2.22. The van der Waals surface area contributed by atoms with Gasteiger partial charge in [0, 0.05) is 26.0 Å². The second-order valence-electron chi connectivity index (χ2n) is 6.67. The number of ether oxygens (including phenoxy) is 1. The van der Waals surface area contributed by atoms with Gasteiger partial charge in [-0.1, -0.05) is 133 Å². The number of allylic oxidation sites excluding steroid dienone is 3. The van der Waals surface area contributed by atoms with Crippen LogP contribution in [0.5, 0.6) is 0 Å². The van der Waals surface area contributed by atoms with E-state index < -0.39 is 0 Å². The predicted molar refractivity (Wildman–Crippen MR) is 156 cm³/mol. The van der Waals surface area contributed by atoms with Crippen LogP contribution in [-0.2, 0) is 9.53 Å². The number of nitrogens with zero attached hydrogens (tertiary/aromatic N) is 1. The van der Waals surface area contributed by atoms with Gasteiger partial charge in [-0.3, -0.25) is 4.79 Å².